The molecule has 28 heavy (non-hydrogen) atoms. The molecule has 0 radical (unpaired) electrons. The number of hydrogen-bond acceptors (Lipinski definition) is 5. The van der Waals surface area contributed by atoms with Crippen LogP contribution in [0.4, 0.5) is 5.82 Å². The predicted octanol–water partition coefficient (Wildman–Crippen LogP) is 1.24. The molecule has 8 heteroatoms. The lowest BCUT2D eigenvalue weighted by molar-refractivity contribution is -0.116. The standard InChI is InChI=1S/C20H34N6O2/c1-15(2)17(26-10-12-28-13-11-26)14-23-20(21-4)22-9-8-19(27)25-18-7-5-6-16(3)24-18/h5-7,15,17H,8-14H2,1-4H3,(H2,21,22,23)(H,24,25,27). The van der Waals surface area contributed by atoms with Crippen molar-refractivity contribution in [3.05, 3.63) is 23.9 Å². The number of anilines is 1. The first-order valence-corrected chi connectivity index (χ1v) is 9.99. The fraction of sp³-hybridized carbons (Fsp3) is 0.650. The summed E-state index contributed by atoms with van der Waals surface area (Å²) in [5, 5.41) is 9.41. The fourth-order valence-electron chi connectivity index (χ4n) is 3.23. The SMILES string of the molecule is CN=C(NCCC(=O)Nc1cccc(C)n1)NCC(C(C)C)N1CCOCC1. The molecule has 0 aromatic carbocycles. The van der Waals surface area contributed by atoms with Gasteiger partial charge in [0, 0.05) is 51.4 Å². The molecule has 0 spiro atoms. The van der Waals surface area contributed by atoms with Gasteiger partial charge in [-0.2, -0.15) is 0 Å². The summed E-state index contributed by atoms with van der Waals surface area (Å²) in [6.45, 7) is 11.2. The van der Waals surface area contributed by atoms with Crippen LogP contribution < -0.4 is 16.0 Å². The zero-order valence-electron chi connectivity index (χ0n) is 17.5. The summed E-state index contributed by atoms with van der Waals surface area (Å²) in [5.74, 6) is 1.74. The quantitative estimate of drug-likeness (QED) is 0.457. The normalized spacial score (nSPS) is 16.7. The number of amides is 1. The average Bonchev–Trinajstić information content (AvgIpc) is 2.67. The summed E-state index contributed by atoms with van der Waals surface area (Å²) >= 11 is 0. The maximum absolute atomic E-state index is 12.1. The minimum Gasteiger partial charge on any atom is -0.379 e. The summed E-state index contributed by atoms with van der Waals surface area (Å²) in [6, 6.07) is 5.98. The van der Waals surface area contributed by atoms with Gasteiger partial charge >= 0.3 is 0 Å². The smallest absolute Gasteiger partial charge is 0.227 e. The minimum absolute atomic E-state index is 0.0746. The van der Waals surface area contributed by atoms with Crippen molar-refractivity contribution in [2.45, 2.75) is 33.2 Å². The number of aryl methyl sites for hydroxylation is 1. The van der Waals surface area contributed by atoms with Gasteiger partial charge in [0.2, 0.25) is 5.91 Å². The van der Waals surface area contributed by atoms with Crippen LogP contribution in [0.15, 0.2) is 23.2 Å². The van der Waals surface area contributed by atoms with E-state index in [-0.39, 0.29) is 5.91 Å². The van der Waals surface area contributed by atoms with Gasteiger partial charge in [0.25, 0.3) is 0 Å². The summed E-state index contributed by atoms with van der Waals surface area (Å²) in [6.07, 6.45) is 0.341. The van der Waals surface area contributed by atoms with Gasteiger partial charge in [-0.1, -0.05) is 19.9 Å². The Morgan fingerprint density at radius 1 is 1.29 bits per heavy atom. The number of hydrogen-bond donors (Lipinski definition) is 3. The first kappa shape index (κ1) is 22.1. The van der Waals surface area contributed by atoms with E-state index in [1.165, 1.54) is 0 Å². The lowest BCUT2D eigenvalue weighted by Crippen LogP contribution is -2.52. The van der Waals surface area contributed by atoms with E-state index < -0.39 is 0 Å². The van der Waals surface area contributed by atoms with E-state index in [0.717, 1.165) is 38.5 Å². The highest BCUT2D eigenvalue weighted by Crippen LogP contribution is 2.12. The van der Waals surface area contributed by atoms with Crippen molar-refractivity contribution in [1.29, 1.82) is 0 Å². The van der Waals surface area contributed by atoms with E-state index in [1.54, 1.807) is 13.1 Å². The largest absolute Gasteiger partial charge is 0.379 e. The van der Waals surface area contributed by atoms with Gasteiger partial charge in [-0.25, -0.2) is 4.98 Å². The van der Waals surface area contributed by atoms with Crippen molar-refractivity contribution in [3.63, 3.8) is 0 Å². The first-order valence-electron chi connectivity index (χ1n) is 9.99. The van der Waals surface area contributed by atoms with Crippen LogP contribution in [0, 0.1) is 12.8 Å². The Morgan fingerprint density at radius 2 is 2.04 bits per heavy atom. The van der Waals surface area contributed by atoms with Crippen molar-refractivity contribution >= 4 is 17.7 Å². The molecule has 1 saturated heterocycles. The van der Waals surface area contributed by atoms with Crippen LogP contribution in [0.25, 0.3) is 0 Å². The molecule has 1 amide bonds. The number of rotatable bonds is 8. The van der Waals surface area contributed by atoms with Gasteiger partial charge in [0.15, 0.2) is 5.96 Å². The number of morpholine rings is 1. The van der Waals surface area contributed by atoms with Gasteiger partial charge in [-0.3, -0.25) is 14.7 Å². The number of pyridine rings is 1. The zero-order chi connectivity index (χ0) is 20.4. The number of nitrogens with zero attached hydrogens (tertiary/aromatic N) is 3. The third-order valence-electron chi connectivity index (χ3n) is 4.79. The molecule has 0 saturated carbocycles. The summed E-state index contributed by atoms with van der Waals surface area (Å²) in [7, 11) is 1.74. The van der Waals surface area contributed by atoms with Crippen LogP contribution in [-0.4, -0.2) is 74.2 Å². The Bertz CT molecular complexity index is 643. The molecular formula is C20H34N6O2. The van der Waals surface area contributed by atoms with Gasteiger partial charge in [-0.15, -0.1) is 0 Å². The molecule has 1 aliphatic rings. The van der Waals surface area contributed by atoms with Crippen molar-refractivity contribution in [2.75, 3.05) is 51.8 Å². The number of guanidine groups is 1. The first-order chi connectivity index (χ1) is 13.5. The van der Waals surface area contributed by atoms with Crippen molar-refractivity contribution in [1.82, 2.24) is 20.5 Å². The Balaban J connectivity index is 1.73. The third-order valence-corrected chi connectivity index (χ3v) is 4.79. The predicted molar refractivity (Wildman–Crippen MR) is 113 cm³/mol. The molecular weight excluding hydrogens is 356 g/mol. The second kappa shape index (κ2) is 11.6. The molecule has 0 bridgehead atoms. The van der Waals surface area contributed by atoms with Crippen molar-refractivity contribution in [2.24, 2.45) is 10.9 Å². The second-order valence-corrected chi connectivity index (χ2v) is 7.30. The third kappa shape index (κ3) is 7.44. The topological polar surface area (TPSA) is 90.9 Å². The van der Waals surface area contributed by atoms with Crippen LogP contribution in [0.3, 0.4) is 0 Å². The van der Waals surface area contributed by atoms with Crippen LogP contribution in [-0.2, 0) is 9.53 Å². The summed E-state index contributed by atoms with van der Waals surface area (Å²) in [4.78, 5) is 23.1. The average molecular weight is 391 g/mol. The van der Waals surface area contributed by atoms with Crippen molar-refractivity contribution < 1.29 is 9.53 Å². The van der Waals surface area contributed by atoms with Crippen LogP contribution >= 0.6 is 0 Å². The Morgan fingerprint density at radius 3 is 2.68 bits per heavy atom. The fourth-order valence-corrected chi connectivity index (χ4v) is 3.23. The van der Waals surface area contributed by atoms with E-state index in [1.807, 2.05) is 19.1 Å². The highest BCUT2D eigenvalue weighted by Gasteiger charge is 2.23. The van der Waals surface area contributed by atoms with E-state index in [2.05, 4.69) is 44.7 Å². The van der Waals surface area contributed by atoms with Gasteiger partial charge in [-0.05, 0) is 25.0 Å². The highest BCUT2D eigenvalue weighted by molar-refractivity contribution is 5.90. The maximum Gasteiger partial charge on any atom is 0.227 e. The molecule has 1 fully saturated rings. The molecule has 3 N–H and O–H groups in total. The van der Waals surface area contributed by atoms with E-state index in [4.69, 9.17) is 4.74 Å². The summed E-state index contributed by atoms with van der Waals surface area (Å²) in [5.41, 5.74) is 0.875. The maximum atomic E-state index is 12.1. The van der Waals surface area contributed by atoms with E-state index in [9.17, 15) is 4.79 Å². The Labute approximate surface area is 168 Å². The molecule has 8 nitrogen and oxygen atoms in total. The summed E-state index contributed by atoms with van der Waals surface area (Å²) < 4.78 is 5.46. The molecule has 2 heterocycles. The van der Waals surface area contributed by atoms with Gasteiger partial charge in [0.1, 0.15) is 5.82 Å². The lowest BCUT2D eigenvalue weighted by atomic mass is 10.0. The molecule has 0 aliphatic carbocycles. The van der Waals surface area contributed by atoms with Gasteiger partial charge in [0.05, 0.1) is 13.2 Å². The zero-order valence-corrected chi connectivity index (χ0v) is 17.5. The molecule has 1 aromatic heterocycles. The lowest BCUT2D eigenvalue weighted by Gasteiger charge is -2.37. The number of carbonyl (C=O) groups is 1. The number of ether oxygens (including phenoxy) is 1. The second-order valence-electron chi connectivity index (χ2n) is 7.30. The van der Waals surface area contributed by atoms with Crippen molar-refractivity contribution in [3.8, 4) is 0 Å². The Hall–Kier alpha value is -2.19. The van der Waals surface area contributed by atoms with Crippen LogP contribution in [0.1, 0.15) is 26.0 Å². The molecule has 2 rings (SSSR count). The molecule has 1 atom stereocenters. The van der Waals surface area contributed by atoms with Gasteiger partial charge < -0.3 is 20.7 Å². The number of nitrogens with one attached hydrogen (secondary N) is 3. The Kier molecular flexibility index (Phi) is 9.16. The molecule has 1 aliphatic heterocycles. The van der Waals surface area contributed by atoms with E-state index >= 15 is 0 Å². The van der Waals surface area contributed by atoms with E-state index in [0.29, 0.717) is 36.7 Å². The highest BCUT2D eigenvalue weighted by atomic mass is 16.5. The molecule has 156 valence electrons. The molecule has 1 unspecified atom stereocenters. The minimum atomic E-state index is -0.0746. The van der Waals surface area contributed by atoms with Crippen LogP contribution in [0.2, 0.25) is 0 Å². The number of aliphatic imine (C=N–C) groups is 1. The number of aromatic nitrogens is 1. The monoisotopic (exact) mass is 390 g/mol. The molecule has 1 aromatic rings. The van der Waals surface area contributed by atoms with Crippen LogP contribution in [0.5, 0.6) is 0 Å². The number of carbonyl (C=O) groups excluding carboxylic acids is 1.